The highest BCUT2D eigenvalue weighted by atomic mass is 16.3. The van der Waals surface area contributed by atoms with Crippen molar-refractivity contribution in [3.05, 3.63) is 84.1 Å². The van der Waals surface area contributed by atoms with Gasteiger partial charge in [-0.25, -0.2) is 0 Å². The van der Waals surface area contributed by atoms with E-state index < -0.39 is 0 Å². The molecule has 0 N–H and O–H groups in total. The number of aromatic nitrogens is 1. The molecular formula is C24H25N3O3. The predicted molar refractivity (Wildman–Crippen MR) is 113 cm³/mol. The summed E-state index contributed by atoms with van der Waals surface area (Å²) in [6.07, 6.45) is 6.23. The lowest BCUT2D eigenvalue weighted by Gasteiger charge is -2.25. The van der Waals surface area contributed by atoms with E-state index in [2.05, 4.69) is 11.9 Å². The highest BCUT2D eigenvalue weighted by Gasteiger charge is 2.37. The van der Waals surface area contributed by atoms with Crippen LogP contribution in [0.1, 0.15) is 30.2 Å². The molecule has 2 aromatic heterocycles. The molecule has 3 aromatic rings. The van der Waals surface area contributed by atoms with E-state index in [0.29, 0.717) is 25.4 Å². The monoisotopic (exact) mass is 403 g/mol. The summed E-state index contributed by atoms with van der Waals surface area (Å²) in [5.41, 5.74) is 3.00. The molecule has 6 nitrogen and oxygen atoms in total. The molecule has 1 aliphatic heterocycles. The number of furan rings is 1. The topological polar surface area (TPSA) is 66.7 Å². The van der Waals surface area contributed by atoms with Crippen molar-refractivity contribution in [3.63, 3.8) is 0 Å². The van der Waals surface area contributed by atoms with Crippen LogP contribution in [0.15, 0.2) is 71.6 Å². The molecule has 1 aromatic carbocycles. The van der Waals surface area contributed by atoms with Gasteiger partial charge in [0.2, 0.25) is 11.8 Å². The summed E-state index contributed by atoms with van der Waals surface area (Å²) in [4.78, 5) is 33.7. The number of aryl methyl sites for hydroxylation is 1. The Morgan fingerprint density at radius 2 is 1.97 bits per heavy atom. The molecule has 6 heteroatoms. The highest BCUT2D eigenvalue weighted by Crippen LogP contribution is 2.27. The van der Waals surface area contributed by atoms with Crippen molar-refractivity contribution >= 4 is 17.5 Å². The number of pyridine rings is 1. The molecule has 3 heterocycles. The summed E-state index contributed by atoms with van der Waals surface area (Å²) in [6, 6.07) is 15.4. The molecule has 1 saturated heterocycles. The Labute approximate surface area is 176 Å². The van der Waals surface area contributed by atoms with Crippen LogP contribution in [0, 0.1) is 5.92 Å². The Morgan fingerprint density at radius 1 is 1.13 bits per heavy atom. The predicted octanol–water partition coefficient (Wildman–Crippen LogP) is 3.82. The van der Waals surface area contributed by atoms with Crippen molar-refractivity contribution in [2.45, 2.75) is 32.9 Å². The molecule has 1 aliphatic rings. The van der Waals surface area contributed by atoms with Crippen molar-refractivity contribution in [3.8, 4) is 0 Å². The third-order valence-corrected chi connectivity index (χ3v) is 5.47. The highest BCUT2D eigenvalue weighted by molar-refractivity contribution is 6.00. The molecule has 0 spiro atoms. The minimum absolute atomic E-state index is 0.0167. The zero-order chi connectivity index (χ0) is 20.9. The number of hydrogen-bond acceptors (Lipinski definition) is 4. The van der Waals surface area contributed by atoms with Gasteiger partial charge in [-0.15, -0.1) is 0 Å². The maximum atomic E-state index is 13.4. The van der Waals surface area contributed by atoms with Crippen LogP contribution in [0.5, 0.6) is 0 Å². The van der Waals surface area contributed by atoms with E-state index >= 15 is 0 Å². The fourth-order valence-electron chi connectivity index (χ4n) is 3.81. The second-order valence-corrected chi connectivity index (χ2v) is 7.56. The van der Waals surface area contributed by atoms with Crippen molar-refractivity contribution in [2.24, 2.45) is 5.92 Å². The fourth-order valence-corrected chi connectivity index (χ4v) is 3.81. The van der Waals surface area contributed by atoms with Gasteiger partial charge in [0.15, 0.2) is 0 Å². The van der Waals surface area contributed by atoms with E-state index in [-0.39, 0.29) is 24.2 Å². The average Bonchev–Trinajstić information content (AvgIpc) is 3.43. The summed E-state index contributed by atoms with van der Waals surface area (Å²) in [5.74, 6) is 0.270. The van der Waals surface area contributed by atoms with Crippen LogP contribution in [0.4, 0.5) is 5.69 Å². The molecule has 1 unspecified atom stereocenters. The molecule has 0 saturated carbocycles. The van der Waals surface area contributed by atoms with Crippen molar-refractivity contribution in [1.82, 2.24) is 9.88 Å². The molecule has 1 atom stereocenters. The van der Waals surface area contributed by atoms with Gasteiger partial charge in [0.25, 0.3) is 0 Å². The molecule has 1 fully saturated rings. The van der Waals surface area contributed by atoms with Gasteiger partial charge in [0, 0.05) is 37.6 Å². The molecular weight excluding hydrogens is 378 g/mol. The molecule has 154 valence electrons. The summed E-state index contributed by atoms with van der Waals surface area (Å²) in [6.45, 7) is 3.27. The second kappa shape index (κ2) is 8.95. The Bertz CT molecular complexity index is 984. The van der Waals surface area contributed by atoms with E-state index in [0.717, 1.165) is 17.7 Å². The maximum absolute atomic E-state index is 13.4. The first kappa shape index (κ1) is 19.9. The van der Waals surface area contributed by atoms with Gasteiger partial charge < -0.3 is 14.2 Å². The molecule has 0 aliphatic carbocycles. The number of anilines is 1. The zero-order valence-corrected chi connectivity index (χ0v) is 17.0. The Balaban J connectivity index is 1.51. The minimum Gasteiger partial charge on any atom is -0.467 e. The first-order valence-corrected chi connectivity index (χ1v) is 10.2. The van der Waals surface area contributed by atoms with Crippen molar-refractivity contribution in [2.75, 3.05) is 11.4 Å². The zero-order valence-electron chi connectivity index (χ0n) is 17.0. The second-order valence-electron chi connectivity index (χ2n) is 7.56. The molecule has 30 heavy (non-hydrogen) atoms. The van der Waals surface area contributed by atoms with Gasteiger partial charge in [-0.1, -0.05) is 25.1 Å². The summed E-state index contributed by atoms with van der Waals surface area (Å²) < 4.78 is 5.46. The number of benzene rings is 1. The number of carbonyl (C=O) groups excluding carboxylic acids is 2. The SMILES string of the molecule is CCc1ccc(N2CC(C(=O)N(Cc3cccnc3)Cc3ccco3)CC2=O)cc1. The summed E-state index contributed by atoms with van der Waals surface area (Å²) in [7, 11) is 0. The van der Waals surface area contributed by atoms with Crippen molar-refractivity contribution < 1.29 is 14.0 Å². The molecule has 4 rings (SSSR count). The third kappa shape index (κ3) is 4.43. The minimum atomic E-state index is -0.380. The maximum Gasteiger partial charge on any atom is 0.228 e. The normalized spacial score (nSPS) is 16.1. The number of carbonyl (C=O) groups is 2. The van der Waals surface area contributed by atoms with Gasteiger partial charge in [-0.05, 0) is 47.9 Å². The summed E-state index contributed by atoms with van der Waals surface area (Å²) in [5, 5.41) is 0. The Kier molecular flexibility index (Phi) is 5.93. The number of nitrogens with zero attached hydrogens (tertiary/aromatic N) is 3. The smallest absolute Gasteiger partial charge is 0.228 e. The standard InChI is InChI=1S/C24H25N3O3/c1-2-18-7-9-21(10-8-18)27-16-20(13-23(27)28)24(29)26(17-22-6-4-12-30-22)15-19-5-3-11-25-14-19/h3-12,14,20H,2,13,15-17H2,1H3. The number of hydrogen-bond donors (Lipinski definition) is 0. The van der Waals surface area contributed by atoms with Crippen LogP contribution in [0.3, 0.4) is 0 Å². The number of amides is 2. The fraction of sp³-hybridized carbons (Fsp3) is 0.292. The molecule has 0 bridgehead atoms. The van der Waals surface area contributed by atoms with E-state index in [4.69, 9.17) is 4.42 Å². The van der Waals surface area contributed by atoms with Crippen LogP contribution in [-0.2, 0) is 29.1 Å². The molecule has 0 radical (unpaired) electrons. The quantitative estimate of drug-likeness (QED) is 0.602. The molecule has 2 amide bonds. The lowest BCUT2D eigenvalue weighted by Crippen LogP contribution is -2.36. The van der Waals surface area contributed by atoms with Crippen molar-refractivity contribution in [1.29, 1.82) is 0 Å². The van der Waals surface area contributed by atoms with Gasteiger partial charge in [0.05, 0.1) is 18.7 Å². The van der Waals surface area contributed by atoms with Crippen LogP contribution >= 0.6 is 0 Å². The lowest BCUT2D eigenvalue weighted by molar-refractivity contribution is -0.137. The Hall–Kier alpha value is -3.41. The average molecular weight is 403 g/mol. The first-order valence-electron chi connectivity index (χ1n) is 10.2. The Morgan fingerprint density at radius 3 is 2.63 bits per heavy atom. The van der Waals surface area contributed by atoms with E-state index in [1.165, 1.54) is 5.56 Å². The number of rotatable bonds is 7. The largest absolute Gasteiger partial charge is 0.467 e. The van der Waals surface area contributed by atoms with Gasteiger partial charge in [-0.3, -0.25) is 14.6 Å². The lowest BCUT2D eigenvalue weighted by atomic mass is 10.1. The van der Waals surface area contributed by atoms with Crippen LogP contribution < -0.4 is 4.90 Å². The van der Waals surface area contributed by atoms with E-state index in [1.54, 1.807) is 28.5 Å². The van der Waals surface area contributed by atoms with Gasteiger partial charge in [-0.2, -0.15) is 0 Å². The van der Waals surface area contributed by atoms with Gasteiger partial charge >= 0.3 is 0 Å². The van der Waals surface area contributed by atoms with E-state index in [1.807, 2.05) is 48.5 Å². The first-order chi connectivity index (χ1) is 14.6. The van der Waals surface area contributed by atoms with E-state index in [9.17, 15) is 9.59 Å². The van der Waals surface area contributed by atoms with Gasteiger partial charge in [0.1, 0.15) is 5.76 Å². The third-order valence-electron chi connectivity index (χ3n) is 5.47. The summed E-state index contributed by atoms with van der Waals surface area (Å²) >= 11 is 0. The van der Waals surface area contributed by atoms with Crippen LogP contribution in [0.2, 0.25) is 0 Å². The van der Waals surface area contributed by atoms with Crippen LogP contribution in [0.25, 0.3) is 0 Å². The van der Waals surface area contributed by atoms with Crippen LogP contribution in [-0.4, -0.2) is 28.2 Å².